The molecule has 1 heterocycles. The van der Waals surface area contributed by atoms with Crippen molar-refractivity contribution in [1.29, 1.82) is 0 Å². The molecule has 0 saturated carbocycles. The molecule has 0 aliphatic carbocycles. The zero-order valence-electron chi connectivity index (χ0n) is 9.93. The summed E-state index contributed by atoms with van der Waals surface area (Å²) < 4.78 is 14.7. The van der Waals surface area contributed by atoms with Gasteiger partial charge in [-0.1, -0.05) is 0 Å². The van der Waals surface area contributed by atoms with Crippen molar-refractivity contribution in [2.45, 2.75) is 13.5 Å². The van der Waals surface area contributed by atoms with Gasteiger partial charge in [0.25, 0.3) is 0 Å². The fourth-order valence-electron chi connectivity index (χ4n) is 1.44. The van der Waals surface area contributed by atoms with E-state index in [9.17, 15) is 9.59 Å². The highest BCUT2D eigenvalue weighted by Gasteiger charge is 2.11. The minimum absolute atomic E-state index is 0.0302. The van der Waals surface area contributed by atoms with Crippen LogP contribution in [-0.4, -0.2) is 24.0 Å². The van der Waals surface area contributed by atoms with E-state index in [1.54, 1.807) is 12.1 Å². The molecule has 0 aliphatic rings. The van der Waals surface area contributed by atoms with Crippen LogP contribution in [0.25, 0.3) is 11.1 Å². The molecule has 2 rings (SSSR count). The van der Waals surface area contributed by atoms with Gasteiger partial charge in [0.2, 0.25) is 5.89 Å². The summed E-state index contributed by atoms with van der Waals surface area (Å²) >= 11 is 0. The van der Waals surface area contributed by atoms with Crippen LogP contribution in [-0.2, 0) is 20.9 Å². The monoisotopic (exact) mass is 249 g/mol. The average molecular weight is 249 g/mol. The number of fused-ring (bicyclic) bond motifs is 1. The van der Waals surface area contributed by atoms with E-state index in [2.05, 4.69) is 9.72 Å². The van der Waals surface area contributed by atoms with Gasteiger partial charge in [-0.2, -0.15) is 0 Å². The zero-order chi connectivity index (χ0) is 13.1. The van der Waals surface area contributed by atoms with Gasteiger partial charge < -0.3 is 13.9 Å². The number of nitrogens with zero attached hydrogens (tertiary/aromatic N) is 1. The van der Waals surface area contributed by atoms with Gasteiger partial charge >= 0.3 is 11.9 Å². The first kappa shape index (κ1) is 12.1. The number of benzene rings is 1. The molecular weight excluding hydrogens is 238 g/mol. The predicted molar refractivity (Wildman–Crippen MR) is 60.8 cm³/mol. The van der Waals surface area contributed by atoms with E-state index in [-0.39, 0.29) is 12.5 Å². The van der Waals surface area contributed by atoms with Crippen molar-refractivity contribution in [2.75, 3.05) is 7.11 Å². The number of carbonyl (C=O) groups is 2. The fourth-order valence-corrected chi connectivity index (χ4v) is 1.44. The second-order valence-corrected chi connectivity index (χ2v) is 3.56. The van der Waals surface area contributed by atoms with Gasteiger partial charge in [-0.25, -0.2) is 9.78 Å². The first-order valence-electron chi connectivity index (χ1n) is 5.21. The molecule has 0 unspecified atom stereocenters. The molecule has 0 bridgehead atoms. The van der Waals surface area contributed by atoms with Crippen molar-refractivity contribution >= 4 is 23.0 Å². The Bertz CT molecular complexity index is 602. The molecule has 0 spiro atoms. The molecule has 2 aromatic rings. The molecule has 0 atom stereocenters. The Kier molecular flexibility index (Phi) is 3.27. The molecule has 94 valence electrons. The van der Waals surface area contributed by atoms with Crippen LogP contribution in [0, 0.1) is 0 Å². The fraction of sp³-hybridized carbons (Fsp3) is 0.250. The molecule has 0 N–H and O–H groups in total. The summed E-state index contributed by atoms with van der Waals surface area (Å²) in [5.41, 5.74) is 1.41. The number of ether oxygens (including phenoxy) is 2. The van der Waals surface area contributed by atoms with Crippen LogP contribution < -0.4 is 0 Å². The molecule has 1 aromatic heterocycles. The largest absolute Gasteiger partial charge is 0.465 e. The SMILES string of the molecule is COC(=O)c1ccc2nc(COC(C)=O)oc2c1. The second-order valence-electron chi connectivity index (χ2n) is 3.56. The number of oxazole rings is 1. The van der Waals surface area contributed by atoms with E-state index in [1.165, 1.54) is 20.1 Å². The number of methoxy groups -OCH3 is 1. The summed E-state index contributed by atoms with van der Waals surface area (Å²) in [7, 11) is 1.30. The van der Waals surface area contributed by atoms with Crippen LogP contribution in [0.1, 0.15) is 23.2 Å². The summed E-state index contributed by atoms with van der Waals surface area (Å²) in [4.78, 5) is 26.1. The molecule has 18 heavy (non-hydrogen) atoms. The van der Waals surface area contributed by atoms with Crippen molar-refractivity contribution in [1.82, 2.24) is 4.98 Å². The minimum atomic E-state index is -0.449. The molecular formula is C12H11NO5. The van der Waals surface area contributed by atoms with Gasteiger partial charge in [0.15, 0.2) is 12.2 Å². The quantitative estimate of drug-likeness (QED) is 0.770. The molecule has 0 radical (unpaired) electrons. The molecule has 0 aliphatic heterocycles. The van der Waals surface area contributed by atoms with Crippen molar-refractivity contribution in [3.05, 3.63) is 29.7 Å². The number of aromatic nitrogens is 1. The first-order chi connectivity index (χ1) is 8.60. The highest BCUT2D eigenvalue weighted by Crippen LogP contribution is 2.18. The normalized spacial score (nSPS) is 10.3. The maximum Gasteiger partial charge on any atom is 0.337 e. The van der Waals surface area contributed by atoms with Gasteiger partial charge in [-0.05, 0) is 18.2 Å². The van der Waals surface area contributed by atoms with E-state index >= 15 is 0 Å². The van der Waals surface area contributed by atoms with Gasteiger partial charge in [-0.3, -0.25) is 4.79 Å². The Balaban J connectivity index is 2.28. The van der Waals surface area contributed by atoms with Crippen molar-refractivity contribution in [3.63, 3.8) is 0 Å². The third-order valence-electron chi connectivity index (χ3n) is 2.25. The second kappa shape index (κ2) is 4.87. The van der Waals surface area contributed by atoms with Crippen molar-refractivity contribution in [2.24, 2.45) is 0 Å². The van der Waals surface area contributed by atoms with Crippen LogP contribution in [0.3, 0.4) is 0 Å². The van der Waals surface area contributed by atoms with E-state index in [4.69, 9.17) is 9.15 Å². The van der Waals surface area contributed by atoms with E-state index in [0.29, 0.717) is 16.7 Å². The lowest BCUT2D eigenvalue weighted by Crippen LogP contribution is -2.00. The molecule has 6 nitrogen and oxygen atoms in total. The maximum absolute atomic E-state index is 11.3. The van der Waals surface area contributed by atoms with Gasteiger partial charge in [0, 0.05) is 6.92 Å². The van der Waals surface area contributed by atoms with Crippen LogP contribution in [0.15, 0.2) is 22.6 Å². The minimum Gasteiger partial charge on any atom is -0.465 e. The van der Waals surface area contributed by atoms with Crippen molar-refractivity contribution < 1.29 is 23.5 Å². The highest BCUT2D eigenvalue weighted by molar-refractivity contribution is 5.93. The summed E-state index contributed by atoms with van der Waals surface area (Å²) in [5, 5.41) is 0. The van der Waals surface area contributed by atoms with E-state index in [0.717, 1.165) is 0 Å². The lowest BCUT2D eigenvalue weighted by molar-refractivity contribution is -0.142. The predicted octanol–water partition coefficient (Wildman–Crippen LogP) is 1.68. The van der Waals surface area contributed by atoms with Gasteiger partial charge in [0.05, 0.1) is 12.7 Å². The number of carbonyl (C=O) groups excluding carboxylic acids is 2. The van der Waals surface area contributed by atoms with Crippen LogP contribution in [0.4, 0.5) is 0 Å². The maximum atomic E-state index is 11.3. The number of hydrogen-bond donors (Lipinski definition) is 0. The Morgan fingerprint density at radius 1 is 1.39 bits per heavy atom. The van der Waals surface area contributed by atoms with E-state index in [1.807, 2.05) is 0 Å². The smallest absolute Gasteiger partial charge is 0.337 e. The molecule has 0 fully saturated rings. The number of hydrogen-bond acceptors (Lipinski definition) is 6. The van der Waals surface area contributed by atoms with E-state index < -0.39 is 11.9 Å². The van der Waals surface area contributed by atoms with Crippen molar-refractivity contribution in [3.8, 4) is 0 Å². The summed E-state index contributed by atoms with van der Waals surface area (Å²) in [6, 6.07) is 4.76. The standard InChI is InChI=1S/C12H11NO5/c1-7(14)17-6-11-13-9-4-3-8(12(15)16-2)5-10(9)18-11/h3-5H,6H2,1-2H3. The average Bonchev–Trinajstić information content (AvgIpc) is 2.77. The van der Waals surface area contributed by atoms with Crippen LogP contribution in [0.5, 0.6) is 0 Å². The summed E-state index contributed by atoms with van der Waals surface area (Å²) in [6.45, 7) is 1.27. The highest BCUT2D eigenvalue weighted by atomic mass is 16.5. The lowest BCUT2D eigenvalue weighted by atomic mass is 10.2. The number of rotatable bonds is 3. The third-order valence-corrected chi connectivity index (χ3v) is 2.25. The van der Waals surface area contributed by atoms with Crippen LogP contribution in [0.2, 0.25) is 0 Å². The molecule has 6 heteroatoms. The third kappa shape index (κ3) is 2.48. The topological polar surface area (TPSA) is 78.6 Å². The Labute approximate surface area is 103 Å². The van der Waals surface area contributed by atoms with Gasteiger partial charge in [-0.15, -0.1) is 0 Å². The Morgan fingerprint density at radius 3 is 2.83 bits per heavy atom. The molecule has 0 saturated heterocycles. The number of esters is 2. The first-order valence-corrected chi connectivity index (χ1v) is 5.21. The Morgan fingerprint density at radius 2 is 2.17 bits per heavy atom. The van der Waals surface area contributed by atoms with Crippen LogP contribution >= 0.6 is 0 Å². The summed E-state index contributed by atoms with van der Waals surface area (Å²) in [6.07, 6.45) is 0. The zero-order valence-corrected chi connectivity index (χ0v) is 9.93. The summed E-state index contributed by atoms with van der Waals surface area (Å²) in [5.74, 6) is -0.579. The molecule has 0 amide bonds. The Hall–Kier alpha value is -2.37. The van der Waals surface area contributed by atoms with Gasteiger partial charge in [0.1, 0.15) is 5.52 Å². The lowest BCUT2D eigenvalue weighted by Gasteiger charge is -1.97. The molecule has 1 aromatic carbocycles.